The van der Waals surface area contributed by atoms with Crippen LogP contribution in [0.3, 0.4) is 0 Å². The first-order valence-electron chi connectivity index (χ1n) is 9.93. The molecule has 4 rings (SSSR count). The summed E-state index contributed by atoms with van der Waals surface area (Å²) in [5.74, 6) is 0.852. The van der Waals surface area contributed by atoms with Crippen LogP contribution < -0.4 is 15.7 Å². The van der Waals surface area contributed by atoms with Crippen LogP contribution in [0.4, 0.5) is 5.69 Å². The van der Waals surface area contributed by atoms with Gasteiger partial charge in [0.25, 0.3) is 5.91 Å². The highest BCUT2D eigenvalue weighted by molar-refractivity contribution is 6.05. The van der Waals surface area contributed by atoms with Gasteiger partial charge in [-0.2, -0.15) is 0 Å². The molecule has 0 radical (unpaired) electrons. The number of hydrogen-bond donors (Lipinski definition) is 1. The van der Waals surface area contributed by atoms with Crippen LogP contribution in [0, 0.1) is 6.92 Å². The Morgan fingerprint density at radius 2 is 1.90 bits per heavy atom. The van der Waals surface area contributed by atoms with E-state index in [1.807, 2.05) is 48.0 Å². The lowest BCUT2D eigenvalue weighted by molar-refractivity contribution is 0.102. The Kier molecular flexibility index (Phi) is 5.58. The highest BCUT2D eigenvalue weighted by atomic mass is 16.5. The van der Waals surface area contributed by atoms with Gasteiger partial charge >= 0.3 is 5.63 Å². The minimum atomic E-state index is -0.635. The monoisotopic (exact) mass is 417 g/mol. The van der Waals surface area contributed by atoms with Crippen molar-refractivity contribution in [3.63, 3.8) is 0 Å². The van der Waals surface area contributed by atoms with Crippen molar-refractivity contribution in [1.82, 2.24) is 9.55 Å². The minimum Gasteiger partial charge on any atom is -0.497 e. The SMILES string of the molecule is COc1ccc(CCc2cc(C)c(C(=O)Nc3ccc4ncn(C)c4c3)c(=O)o2)cc1. The van der Waals surface area contributed by atoms with Gasteiger partial charge in [-0.05, 0) is 60.9 Å². The zero-order valence-corrected chi connectivity index (χ0v) is 17.6. The number of aromatic nitrogens is 2. The van der Waals surface area contributed by atoms with Gasteiger partial charge in [-0.1, -0.05) is 12.1 Å². The third-order valence-electron chi connectivity index (χ3n) is 5.23. The number of anilines is 1. The maximum atomic E-state index is 12.8. The van der Waals surface area contributed by atoms with Gasteiger partial charge in [-0.3, -0.25) is 4.79 Å². The second-order valence-corrected chi connectivity index (χ2v) is 7.42. The molecule has 4 aromatic rings. The summed E-state index contributed by atoms with van der Waals surface area (Å²) < 4.78 is 12.5. The van der Waals surface area contributed by atoms with Gasteiger partial charge in [0.1, 0.15) is 17.1 Å². The van der Waals surface area contributed by atoms with Crippen molar-refractivity contribution in [2.24, 2.45) is 7.05 Å². The van der Waals surface area contributed by atoms with Gasteiger partial charge in [0.05, 0.1) is 24.5 Å². The van der Waals surface area contributed by atoms with E-state index in [0.717, 1.165) is 22.3 Å². The van der Waals surface area contributed by atoms with Crippen LogP contribution in [0.25, 0.3) is 11.0 Å². The van der Waals surface area contributed by atoms with Crippen molar-refractivity contribution in [2.75, 3.05) is 12.4 Å². The highest BCUT2D eigenvalue weighted by Gasteiger charge is 2.17. The predicted octanol–water partition coefficient (Wildman–Crippen LogP) is 3.88. The van der Waals surface area contributed by atoms with E-state index in [1.165, 1.54) is 0 Å². The summed E-state index contributed by atoms with van der Waals surface area (Å²) in [6.45, 7) is 1.74. The average Bonchev–Trinajstić information content (AvgIpc) is 3.12. The molecule has 158 valence electrons. The number of benzene rings is 2. The molecule has 0 aliphatic carbocycles. The molecule has 2 heterocycles. The van der Waals surface area contributed by atoms with Crippen LogP contribution in [0.5, 0.6) is 5.75 Å². The van der Waals surface area contributed by atoms with E-state index in [2.05, 4.69) is 10.3 Å². The fourth-order valence-electron chi connectivity index (χ4n) is 3.53. The van der Waals surface area contributed by atoms with Gasteiger partial charge in [0.2, 0.25) is 0 Å². The summed E-state index contributed by atoms with van der Waals surface area (Å²) in [6, 6.07) is 14.9. The second kappa shape index (κ2) is 8.47. The number of carbonyl (C=O) groups is 1. The fourth-order valence-corrected chi connectivity index (χ4v) is 3.53. The van der Waals surface area contributed by atoms with Crippen molar-refractivity contribution in [3.8, 4) is 5.75 Å². The molecule has 1 N–H and O–H groups in total. The zero-order valence-electron chi connectivity index (χ0n) is 17.6. The van der Waals surface area contributed by atoms with Gasteiger partial charge in [0, 0.05) is 19.2 Å². The lowest BCUT2D eigenvalue weighted by atomic mass is 10.1. The summed E-state index contributed by atoms with van der Waals surface area (Å²) in [4.78, 5) is 29.6. The Labute approximate surface area is 179 Å². The van der Waals surface area contributed by atoms with Gasteiger partial charge in [-0.25, -0.2) is 9.78 Å². The lowest BCUT2D eigenvalue weighted by Gasteiger charge is -2.09. The highest BCUT2D eigenvalue weighted by Crippen LogP contribution is 2.19. The molecule has 31 heavy (non-hydrogen) atoms. The van der Waals surface area contributed by atoms with Crippen LogP contribution in [0.2, 0.25) is 0 Å². The van der Waals surface area contributed by atoms with Crippen molar-refractivity contribution >= 4 is 22.6 Å². The van der Waals surface area contributed by atoms with Crippen molar-refractivity contribution < 1.29 is 13.9 Å². The number of nitrogens with one attached hydrogen (secondary N) is 1. The van der Waals surface area contributed by atoms with E-state index >= 15 is 0 Å². The van der Waals surface area contributed by atoms with Crippen LogP contribution in [0.1, 0.15) is 27.2 Å². The Morgan fingerprint density at radius 3 is 2.61 bits per heavy atom. The Morgan fingerprint density at radius 1 is 1.13 bits per heavy atom. The standard InChI is InChI=1S/C24H23N3O4/c1-15-12-19(10-6-16-4-8-18(30-3)9-5-16)31-24(29)22(15)23(28)26-17-7-11-20-21(13-17)27(2)14-25-20/h4-5,7-9,11-14H,6,10H2,1-3H3,(H,26,28). The number of nitrogens with zero attached hydrogens (tertiary/aromatic N) is 2. The number of ether oxygens (including phenoxy) is 1. The molecule has 0 aliphatic heterocycles. The number of amides is 1. The Bertz CT molecular complexity index is 1300. The smallest absolute Gasteiger partial charge is 0.349 e. The van der Waals surface area contributed by atoms with Gasteiger partial charge in [0.15, 0.2) is 0 Å². The number of fused-ring (bicyclic) bond motifs is 1. The van der Waals surface area contributed by atoms with E-state index in [-0.39, 0.29) is 5.56 Å². The average molecular weight is 417 g/mol. The molecule has 0 fully saturated rings. The molecule has 0 aliphatic rings. The molecule has 2 aromatic heterocycles. The molecule has 0 saturated carbocycles. The number of imidazole rings is 1. The maximum absolute atomic E-state index is 12.8. The molecule has 2 aromatic carbocycles. The number of carbonyl (C=O) groups excluding carboxylic acids is 1. The van der Waals surface area contributed by atoms with Gasteiger partial charge in [-0.15, -0.1) is 0 Å². The predicted molar refractivity (Wildman–Crippen MR) is 119 cm³/mol. The van der Waals surface area contributed by atoms with E-state index < -0.39 is 11.5 Å². The Hall–Kier alpha value is -3.87. The summed E-state index contributed by atoms with van der Waals surface area (Å²) in [5, 5.41) is 2.79. The first-order valence-corrected chi connectivity index (χ1v) is 9.93. The second-order valence-electron chi connectivity index (χ2n) is 7.42. The number of rotatable bonds is 6. The number of aryl methyl sites for hydroxylation is 4. The van der Waals surface area contributed by atoms with E-state index in [9.17, 15) is 9.59 Å². The molecule has 0 unspecified atom stereocenters. The minimum absolute atomic E-state index is 0.0123. The summed E-state index contributed by atoms with van der Waals surface area (Å²) in [5.41, 5.74) is 3.37. The van der Waals surface area contributed by atoms with E-state index in [4.69, 9.17) is 9.15 Å². The van der Waals surface area contributed by atoms with Crippen LogP contribution >= 0.6 is 0 Å². The summed E-state index contributed by atoms with van der Waals surface area (Å²) in [6.07, 6.45) is 2.98. The molecule has 0 spiro atoms. The maximum Gasteiger partial charge on any atom is 0.349 e. The number of hydrogen-bond acceptors (Lipinski definition) is 5. The van der Waals surface area contributed by atoms with Gasteiger partial charge < -0.3 is 19.0 Å². The molecule has 0 saturated heterocycles. The molecular weight excluding hydrogens is 394 g/mol. The summed E-state index contributed by atoms with van der Waals surface area (Å²) in [7, 11) is 3.51. The third kappa shape index (κ3) is 4.35. The van der Waals surface area contributed by atoms with E-state index in [1.54, 1.807) is 32.5 Å². The summed E-state index contributed by atoms with van der Waals surface area (Å²) >= 11 is 0. The first kappa shape index (κ1) is 20.4. The molecule has 0 atom stereocenters. The lowest BCUT2D eigenvalue weighted by Crippen LogP contribution is -2.23. The topological polar surface area (TPSA) is 86.4 Å². The molecule has 1 amide bonds. The van der Waals surface area contributed by atoms with Crippen LogP contribution in [0.15, 0.2) is 64.1 Å². The largest absolute Gasteiger partial charge is 0.497 e. The first-order chi connectivity index (χ1) is 14.9. The normalized spacial score (nSPS) is 10.9. The van der Waals surface area contributed by atoms with Crippen molar-refractivity contribution in [1.29, 1.82) is 0 Å². The zero-order chi connectivity index (χ0) is 22.0. The van der Waals surface area contributed by atoms with Crippen molar-refractivity contribution in [2.45, 2.75) is 19.8 Å². The molecule has 0 bridgehead atoms. The quantitative estimate of drug-likeness (QED) is 0.515. The molecular formula is C24H23N3O4. The number of methoxy groups -OCH3 is 1. The Balaban J connectivity index is 1.49. The molecule has 7 heteroatoms. The van der Waals surface area contributed by atoms with Crippen molar-refractivity contribution in [3.05, 3.63) is 87.7 Å². The third-order valence-corrected chi connectivity index (χ3v) is 5.23. The van der Waals surface area contributed by atoms with E-state index in [0.29, 0.717) is 29.9 Å². The fraction of sp³-hybridized carbons (Fsp3) is 0.208. The van der Waals surface area contributed by atoms with Crippen LogP contribution in [-0.2, 0) is 19.9 Å². The van der Waals surface area contributed by atoms with Crippen LogP contribution in [-0.4, -0.2) is 22.6 Å². The molecule has 7 nitrogen and oxygen atoms in total.